The minimum atomic E-state index is -3.91. The molecule has 1 N–H and O–H groups in total. The number of halogens is 1. The van der Waals surface area contributed by atoms with E-state index in [1.54, 1.807) is 12.1 Å². The van der Waals surface area contributed by atoms with Crippen LogP contribution < -0.4 is 5.32 Å². The minimum absolute atomic E-state index is 0.0804. The highest BCUT2D eigenvalue weighted by Gasteiger charge is 2.33. The molecule has 3 rings (SSSR count). The van der Waals surface area contributed by atoms with Gasteiger partial charge >= 0.3 is 0 Å². The fourth-order valence-corrected chi connectivity index (χ4v) is 5.65. The van der Waals surface area contributed by atoms with Crippen molar-refractivity contribution in [3.8, 4) is 0 Å². The third-order valence-electron chi connectivity index (χ3n) is 6.60. The zero-order chi connectivity index (χ0) is 28.6. The van der Waals surface area contributed by atoms with Crippen LogP contribution in [0.3, 0.4) is 0 Å². The maximum atomic E-state index is 13.9. The lowest BCUT2D eigenvalue weighted by Crippen LogP contribution is -2.54. The fourth-order valence-electron chi connectivity index (χ4n) is 4.08. The average Bonchev–Trinajstić information content (AvgIpc) is 2.91. The zero-order valence-corrected chi connectivity index (χ0v) is 25.2. The Bertz CT molecular complexity index is 1360. The number of carbonyl (C=O) groups excluding carboxylic acids is 2. The molecule has 2 amide bonds. The monoisotopic (exact) mass is 613 g/mol. The van der Waals surface area contributed by atoms with Crippen LogP contribution in [0.1, 0.15) is 37.0 Å². The maximum absolute atomic E-state index is 13.9. The lowest BCUT2D eigenvalue weighted by Gasteiger charge is -2.33. The first-order valence-electron chi connectivity index (χ1n) is 12.9. The number of sulfonamides is 1. The fraction of sp³-hybridized carbons (Fsp3) is 0.333. The van der Waals surface area contributed by atoms with Crippen LogP contribution in [0.4, 0.5) is 0 Å². The van der Waals surface area contributed by atoms with Gasteiger partial charge in [-0.1, -0.05) is 83.0 Å². The number of rotatable bonds is 12. The minimum Gasteiger partial charge on any atom is -0.352 e. The highest BCUT2D eigenvalue weighted by Crippen LogP contribution is 2.20. The Balaban J connectivity index is 1.98. The molecule has 208 valence electrons. The van der Waals surface area contributed by atoms with Crippen LogP contribution in [-0.2, 0) is 32.6 Å². The van der Waals surface area contributed by atoms with Gasteiger partial charge in [-0.3, -0.25) is 9.59 Å². The SMILES string of the molecule is CC[C@H](C)NC(=O)[C@@H](Cc1ccccc1)N(Cc1cccc(Br)c1)C(=O)CN(C)S(=O)(=O)c1ccc(C)cc1. The molecule has 0 unspecified atom stereocenters. The lowest BCUT2D eigenvalue weighted by molar-refractivity contribution is -0.141. The second-order valence-corrected chi connectivity index (χ2v) is 12.7. The molecule has 0 bridgehead atoms. The summed E-state index contributed by atoms with van der Waals surface area (Å²) in [5, 5.41) is 3.02. The summed E-state index contributed by atoms with van der Waals surface area (Å²) in [4.78, 5) is 29.1. The largest absolute Gasteiger partial charge is 0.352 e. The topological polar surface area (TPSA) is 86.8 Å². The summed E-state index contributed by atoms with van der Waals surface area (Å²) in [5.74, 6) is -0.742. The van der Waals surface area contributed by atoms with Gasteiger partial charge in [0.1, 0.15) is 6.04 Å². The molecular formula is C30H36BrN3O4S. The van der Waals surface area contributed by atoms with Gasteiger partial charge in [-0.15, -0.1) is 0 Å². The standard InChI is InChI=1S/C30H36BrN3O4S/c1-5-23(3)32-30(36)28(19-24-10-7-6-8-11-24)34(20-25-12-9-13-26(31)18-25)29(35)21-33(4)39(37,38)27-16-14-22(2)15-17-27/h6-18,23,28H,5,19-21H2,1-4H3,(H,32,36)/t23-,28+/m0/s1. The molecule has 0 aliphatic rings. The number of amides is 2. The summed E-state index contributed by atoms with van der Waals surface area (Å²) in [6.07, 6.45) is 1.03. The molecule has 0 saturated heterocycles. The highest BCUT2D eigenvalue weighted by atomic mass is 79.9. The number of aryl methyl sites for hydroxylation is 1. The van der Waals surface area contributed by atoms with Gasteiger partial charge in [0.05, 0.1) is 11.4 Å². The van der Waals surface area contributed by atoms with E-state index >= 15 is 0 Å². The Labute approximate surface area is 240 Å². The maximum Gasteiger partial charge on any atom is 0.243 e. The molecule has 0 aliphatic carbocycles. The third-order valence-corrected chi connectivity index (χ3v) is 8.91. The van der Waals surface area contributed by atoms with Crippen molar-refractivity contribution in [2.45, 2.75) is 57.1 Å². The van der Waals surface area contributed by atoms with E-state index in [-0.39, 0.29) is 29.8 Å². The van der Waals surface area contributed by atoms with Crippen molar-refractivity contribution in [2.75, 3.05) is 13.6 Å². The number of hydrogen-bond acceptors (Lipinski definition) is 4. The van der Waals surface area contributed by atoms with Crippen molar-refractivity contribution in [3.63, 3.8) is 0 Å². The normalized spacial score (nSPS) is 13.1. The highest BCUT2D eigenvalue weighted by molar-refractivity contribution is 9.10. The predicted molar refractivity (Wildman–Crippen MR) is 158 cm³/mol. The number of carbonyl (C=O) groups is 2. The summed E-state index contributed by atoms with van der Waals surface area (Å²) in [6, 6.07) is 22.6. The van der Waals surface area contributed by atoms with E-state index in [1.165, 1.54) is 24.1 Å². The van der Waals surface area contributed by atoms with E-state index < -0.39 is 28.5 Å². The second kappa shape index (κ2) is 13.9. The van der Waals surface area contributed by atoms with E-state index in [4.69, 9.17) is 0 Å². The summed E-state index contributed by atoms with van der Waals surface area (Å²) in [7, 11) is -2.53. The van der Waals surface area contributed by atoms with Gasteiger partial charge in [0, 0.05) is 30.5 Å². The van der Waals surface area contributed by atoms with Crippen molar-refractivity contribution >= 4 is 37.8 Å². The summed E-state index contributed by atoms with van der Waals surface area (Å²) < 4.78 is 28.4. The van der Waals surface area contributed by atoms with Crippen molar-refractivity contribution in [2.24, 2.45) is 0 Å². The molecule has 0 fully saturated rings. The molecular weight excluding hydrogens is 578 g/mol. The molecule has 0 aliphatic heterocycles. The Kier molecular flexibility index (Phi) is 10.9. The molecule has 3 aromatic rings. The van der Waals surface area contributed by atoms with E-state index in [0.717, 1.165) is 31.9 Å². The molecule has 3 aromatic carbocycles. The first-order chi connectivity index (χ1) is 18.5. The number of nitrogens with zero attached hydrogens (tertiary/aromatic N) is 2. The van der Waals surface area contributed by atoms with Gasteiger partial charge in [0.25, 0.3) is 0 Å². The molecule has 0 heterocycles. The molecule has 39 heavy (non-hydrogen) atoms. The van der Waals surface area contributed by atoms with Gasteiger partial charge in [-0.25, -0.2) is 8.42 Å². The smallest absolute Gasteiger partial charge is 0.243 e. The molecule has 0 saturated carbocycles. The Morgan fingerprint density at radius 1 is 0.949 bits per heavy atom. The molecule has 0 aromatic heterocycles. The summed E-state index contributed by atoms with van der Waals surface area (Å²) in [5.41, 5.74) is 2.65. The van der Waals surface area contributed by atoms with Crippen LogP contribution >= 0.6 is 15.9 Å². The molecule has 9 heteroatoms. The molecule has 2 atom stereocenters. The van der Waals surface area contributed by atoms with Gasteiger partial charge in [0.2, 0.25) is 21.8 Å². The number of likely N-dealkylation sites (N-methyl/N-ethyl adjacent to an activating group) is 1. The van der Waals surface area contributed by atoms with Crippen LogP contribution in [0, 0.1) is 6.92 Å². The van der Waals surface area contributed by atoms with Gasteiger partial charge in [-0.2, -0.15) is 4.31 Å². The quantitative estimate of drug-likeness (QED) is 0.314. The summed E-state index contributed by atoms with van der Waals surface area (Å²) >= 11 is 3.48. The van der Waals surface area contributed by atoms with Crippen LogP contribution in [0.2, 0.25) is 0 Å². The van der Waals surface area contributed by atoms with Crippen molar-refractivity contribution in [1.82, 2.24) is 14.5 Å². The molecule has 7 nitrogen and oxygen atoms in total. The molecule has 0 spiro atoms. The Morgan fingerprint density at radius 3 is 2.21 bits per heavy atom. The van der Waals surface area contributed by atoms with Crippen LogP contribution in [0.5, 0.6) is 0 Å². The first-order valence-corrected chi connectivity index (χ1v) is 15.2. The van der Waals surface area contributed by atoms with Crippen LogP contribution in [0.15, 0.2) is 88.2 Å². The average molecular weight is 615 g/mol. The van der Waals surface area contributed by atoms with Crippen LogP contribution in [-0.4, -0.2) is 55.1 Å². The third kappa shape index (κ3) is 8.49. The van der Waals surface area contributed by atoms with Crippen LogP contribution in [0.25, 0.3) is 0 Å². The number of benzene rings is 3. The first kappa shape index (κ1) is 30.5. The zero-order valence-electron chi connectivity index (χ0n) is 22.8. The van der Waals surface area contributed by atoms with Gasteiger partial charge in [-0.05, 0) is 55.7 Å². The van der Waals surface area contributed by atoms with E-state index in [9.17, 15) is 18.0 Å². The Hall–Kier alpha value is -3.01. The van der Waals surface area contributed by atoms with Crippen molar-refractivity contribution < 1.29 is 18.0 Å². The van der Waals surface area contributed by atoms with E-state index in [2.05, 4.69) is 21.2 Å². The number of hydrogen-bond donors (Lipinski definition) is 1. The summed E-state index contributed by atoms with van der Waals surface area (Å²) in [6.45, 7) is 5.50. The van der Waals surface area contributed by atoms with Crippen molar-refractivity contribution in [3.05, 3.63) is 100 Å². The van der Waals surface area contributed by atoms with E-state index in [1.807, 2.05) is 75.4 Å². The second-order valence-electron chi connectivity index (χ2n) is 9.75. The lowest BCUT2D eigenvalue weighted by atomic mass is 10.0. The predicted octanol–water partition coefficient (Wildman–Crippen LogP) is 4.93. The van der Waals surface area contributed by atoms with E-state index in [0.29, 0.717) is 0 Å². The Morgan fingerprint density at radius 2 is 1.59 bits per heavy atom. The number of nitrogens with one attached hydrogen (secondary N) is 1. The van der Waals surface area contributed by atoms with Gasteiger partial charge in [0.15, 0.2) is 0 Å². The van der Waals surface area contributed by atoms with Crippen molar-refractivity contribution in [1.29, 1.82) is 0 Å². The van der Waals surface area contributed by atoms with Gasteiger partial charge < -0.3 is 10.2 Å². The molecule has 0 radical (unpaired) electrons.